The predicted molar refractivity (Wildman–Crippen MR) is 192 cm³/mol. The fourth-order valence-corrected chi connectivity index (χ4v) is 6.52. The van der Waals surface area contributed by atoms with Crippen LogP contribution in [0.15, 0.2) is 78.9 Å². The highest BCUT2D eigenvalue weighted by Gasteiger charge is 2.40. The van der Waals surface area contributed by atoms with E-state index in [1.54, 1.807) is 17.0 Å². The van der Waals surface area contributed by atoms with Gasteiger partial charge in [-0.3, -0.25) is 19.2 Å². The van der Waals surface area contributed by atoms with E-state index in [2.05, 4.69) is 10.6 Å². The average molecular weight is 666 g/mol. The number of nitrogens with zero attached hydrogens (tertiary/aromatic N) is 2. The highest BCUT2D eigenvalue weighted by Crippen LogP contribution is 2.25. The van der Waals surface area contributed by atoms with Crippen LogP contribution in [-0.2, 0) is 25.6 Å². The van der Waals surface area contributed by atoms with Crippen molar-refractivity contribution in [3.8, 4) is 0 Å². The first-order chi connectivity index (χ1) is 23.7. The van der Waals surface area contributed by atoms with E-state index >= 15 is 0 Å². The molecule has 0 spiro atoms. The number of carbonyl (C=O) groups is 4. The third-order valence-electron chi connectivity index (χ3n) is 9.28. The summed E-state index contributed by atoms with van der Waals surface area (Å²) in [6, 6.07) is 23.3. The normalized spacial score (nSPS) is 19.6. The number of amides is 4. The van der Waals surface area contributed by atoms with Crippen molar-refractivity contribution < 1.29 is 24.3 Å². The Morgan fingerprint density at radius 1 is 0.837 bits per heavy atom. The average Bonchev–Trinajstić information content (AvgIpc) is 3.76. The number of nitrogens with one attached hydrogen (secondary N) is 2. The highest BCUT2D eigenvalue weighted by molar-refractivity contribution is 5.99. The second-order valence-corrected chi connectivity index (χ2v) is 13.0. The van der Waals surface area contributed by atoms with Crippen molar-refractivity contribution in [3.63, 3.8) is 0 Å². The van der Waals surface area contributed by atoms with Crippen LogP contribution in [0.1, 0.15) is 62.1 Å². The molecule has 258 valence electrons. The third kappa shape index (κ3) is 9.64. The maximum absolute atomic E-state index is 13.1. The molecule has 4 amide bonds. The van der Waals surface area contributed by atoms with Crippen LogP contribution in [0.5, 0.6) is 0 Å². The summed E-state index contributed by atoms with van der Waals surface area (Å²) in [4.78, 5) is 55.4. The van der Waals surface area contributed by atoms with E-state index in [0.29, 0.717) is 37.3 Å². The number of anilines is 2. The molecule has 0 saturated carbocycles. The minimum atomic E-state index is -0.729. The van der Waals surface area contributed by atoms with Crippen LogP contribution in [0.2, 0.25) is 0 Å². The van der Waals surface area contributed by atoms with Crippen LogP contribution in [-0.4, -0.2) is 76.4 Å². The van der Waals surface area contributed by atoms with Gasteiger partial charge in [0.2, 0.25) is 23.6 Å². The Hall–Kier alpha value is -4.80. The quantitative estimate of drug-likeness (QED) is 0.154. The van der Waals surface area contributed by atoms with Crippen molar-refractivity contribution in [2.75, 3.05) is 30.3 Å². The van der Waals surface area contributed by atoms with Gasteiger partial charge in [-0.05, 0) is 73.2 Å². The maximum atomic E-state index is 13.1. The number of rotatable bonds is 13. The van der Waals surface area contributed by atoms with E-state index in [0.717, 1.165) is 36.0 Å². The molecule has 0 aliphatic carbocycles. The van der Waals surface area contributed by atoms with Crippen LogP contribution in [0.25, 0.3) is 12.2 Å². The molecule has 2 fully saturated rings. The Bertz CT molecular complexity index is 1610. The number of likely N-dealkylation sites (tertiary alicyclic amines) is 2. The zero-order valence-electron chi connectivity index (χ0n) is 28.1. The molecule has 0 aromatic heterocycles. The summed E-state index contributed by atoms with van der Waals surface area (Å²) in [5.74, 6) is -0.874. The van der Waals surface area contributed by atoms with E-state index in [-0.39, 0.29) is 48.9 Å². The van der Waals surface area contributed by atoms with Gasteiger partial charge in [-0.15, -0.1) is 0 Å². The number of hydrogen-bond acceptors (Lipinski definition) is 6. The summed E-state index contributed by atoms with van der Waals surface area (Å²) < 4.78 is 0. The van der Waals surface area contributed by atoms with Gasteiger partial charge in [-0.25, -0.2) is 0 Å². The number of hydrogen-bond donors (Lipinski definition) is 4. The maximum Gasteiger partial charge on any atom is 0.247 e. The molecule has 3 aromatic rings. The van der Waals surface area contributed by atoms with Gasteiger partial charge in [-0.1, -0.05) is 80.1 Å². The number of aliphatic hydroxyl groups excluding tert-OH is 1. The zero-order valence-corrected chi connectivity index (χ0v) is 28.1. The van der Waals surface area contributed by atoms with E-state index in [1.807, 2.05) is 85.8 Å². The lowest BCUT2D eigenvalue weighted by molar-refractivity contribution is -0.140. The van der Waals surface area contributed by atoms with Crippen LogP contribution in [0, 0.1) is 5.92 Å². The Kier molecular flexibility index (Phi) is 12.3. The molecule has 3 aromatic carbocycles. The van der Waals surface area contributed by atoms with E-state index in [9.17, 15) is 24.3 Å². The Labute approximate surface area is 288 Å². The molecule has 2 aliphatic heterocycles. The first-order valence-electron chi connectivity index (χ1n) is 17.2. The largest absolute Gasteiger partial charge is 0.391 e. The van der Waals surface area contributed by atoms with Crippen molar-refractivity contribution in [1.82, 2.24) is 9.80 Å². The number of β-amino-alcohol motifs (C(OH)–C–C–N with tert-alkyl or cyclic N) is 1. The zero-order chi connectivity index (χ0) is 34.8. The number of carbonyl (C=O) groups excluding carboxylic acids is 4. The molecule has 5 rings (SSSR count). The van der Waals surface area contributed by atoms with Gasteiger partial charge in [0.25, 0.3) is 0 Å². The summed E-state index contributed by atoms with van der Waals surface area (Å²) in [7, 11) is 0. The van der Waals surface area contributed by atoms with Crippen molar-refractivity contribution in [2.24, 2.45) is 11.7 Å². The third-order valence-corrected chi connectivity index (χ3v) is 9.28. The Morgan fingerprint density at radius 2 is 1.43 bits per heavy atom. The minimum absolute atomic E-state index is 0.0356. The second kappa shape index (κ2) is 17.0. The van der Waals surface area contributed by atoms with Crippen LogP contribution in [0.3, 0.4) is 0 Å². The summed E-state index contributed by atoms with van der Waals surface area (Å²) in [5.41, 5.74) is 9.65. The molecule has 10 heteroatoms. The summed E-state index contributed by atoms with van der Waals surface area (Å²) in [6.07, 6.45) is 7.52. The first-order valence-corrected chi connectivity index (χ1v) is 17.2. The van der Waals surface area contributed by atoms with Crippen LogP contribution in [0.4, 0.5) is 11.4 Å². The molecule has 10 nitrogen and oxygen atoms in total. The smallest absolute Gasteiger partial charge is 0.247 e. The fourth-order valence-electron chi connectivity index (χ4n) is 6.52. The van der Waals surface area contributed by atoms with Gasteiger partial charge >= 0.3 is 0 Å². The van der Waals surface area contributed by atoms with E-state index < -0.39 is 18.2 Å². The minimum Gasteiger partial charge on any atom is -0.391 e. The molecule has 2 saturated heterocycles. The van der Waals surface area contributed by atoms with Crippen molar-refractivity contribution in [3.05, 3.63) is 95.6 Å². The lowest BCUT2D eigenvalue weighted by Crippen LogP contribution is -2.45. The van der Waals surface area contributed by atoms with Gasteiger partial charge in [0.1, 0.15) is 12.1 Å². The summed E-state index contributed by atoms with van der Waals surface area (Å²) >= 11 is 0. The number of benzene rings is 3. The molecule has 2 aliphatic rings. The molecule has 5 N–H and O–H groups in total. The van der Waals surface area contributed by atoms with E-state index in [4.69, 9.17) is 5.73 Å². The van der Waals surface area contributed by atoms with Gasteiger partial charge in [0, 0.05) is 36.8 Å². The lowest BCUT2D eigenvalue weighted by atomic mass is 10.0. The van der Waals surface area contributed by atoms with Crippen LogP contribution >= 0.6 is 0 Å². The molecule has 4 atom stereocenters. The topological polar surface area (TPSA) is 145 Å². The molecule has 0 bridgehead atoms. The predicted octanol–water partition coefficient (Wildman–Crippen LogP) is 4.69. The van der Waals surface area contributed by atoms with Gasteiger partial charge in [-0.2, -0.15) is 0 Å². The van der Waals surface area contributed by atoms with Crippen molar-refractivity contribution in [1.29, 1.82) is 0 Å². The summed E-state index contributed by atoms with van der Waals surface area (Å²) in [5, 5.41) is 16.1. The van der Waals surface area contributed by atoms with Gasteiger partial charge < -0.3 is 31.3 Å². The lowest BCUT2D eigenvalue weighted by Gasteiger charge is -2.26. The highest BCUT2D eigenvalue weighted by atomic mass is 16.3. The SMILES string of the molecule is CC(CCCCN)C(=O)N1C[C@H](O)C[C@H]1C(=O)Nc1ccc(/C=C/c2ccc(NC(=O)[C@@H]3CCCN3C(=O)Cc3ccccc3)cc2)cc1. The van der Waals surface area contributed by atoms with Crippen molar-refractivity contribution >= 4 is 47.2 Å². The van der Waals surface area contributed by atoms with Gasteiger partial charge in [0.15, 0.2) is 0 Å². The van der Waals surface area contributed by atoms with Gasteiger partial charge in [0.05, 0.1) is 12.5 Å². The second-order valence-electron chi connectivity index (χ2n) is 13.0. The standard InChI is InChI=1S/C39H47N5O5/c1-27(8-5-6-22-40)39(49)44-26-33(45)25-35(44)38(48)42-32-20-16-29(17-21-32)13-12-28-14-18-31(19-15-28)41-37(47)34-11-7-23-43(34)36(46)24-30-9-3-2-4-10-30/h2-4,9-10,12-21,27,33-35,45H,5-8,11,22-26,40H2,1H3,(H,41,47)(H,42,48)/b13-12+/t27?,33-,34+,35+/m1/s1. The molecular weight excluding hydrogens is 618 g/mol. The fraction of sp³-hybridized carbons (Fsp3) is 0.385. The Morgan fingerprint density at radius 3 is 2.02 bits per heavy atom. The molecule has 1 unspecified atom stereocenters. The number of unbranched alkanes of at least 4 members (excludes halogenated alkanes) is 1. The first kappa shape index (κ1) is 35.5. The molecule has 2 heterocycles. The monoisotopic (exact) mass is 665 g/mol. The number of nitrogens with two attached hydrogens (primary N) is 1. The molecule has 49 heavy (non-hydrogen) atoms. The van der Waals surface area contributed by atoms with Crippen molar-refractivity contribution in [2.45, 2.75) is 70.1 Å². The Balaban J connectivity index is 1.11. The summed E-state index contributed by atoms with van der Waals surface area (Å²) in [6.45, 7) is 3.18. The molecular formula is C39H47N5O5. The van der Waals surface area contributed by atoms with Crippen LogP contribution < -0.4 is 16.4 Å². The number of aliphatic hydroxyl groups is 1. The van der Waals surface area contributed by atoms with E-state index in [1.165, 1.54) is 4.90 Å². The molecule has 0 radical (unpaired) electrons.